The number of carbonyl (C=O) groups excluding carboxylic acids is 1. The number of carboxylic acids is 1. The molecule has 2 N–H and O–H groups in total. The normalized spacial score (nSPS) is 17.4. The van der Waals surface area contributed by atoms with Gasteiger partial charge < -0.3 is 10.4 Å². The van der Waals surface area contributed by atoms with E-state index in [2.05, 4.69) is 5.32 Å². The molecule has 1 saturated heterocycles. The molecule has 20 heavy (non-hydrogen) atoms. The van der Waals surface area contributed by atoms with E-state index in [0.717, 1.165) is 23.5 Å². The fourth-order valence-corrected chi connectivity index (χ4v) is 3.48. The fourth-order valence-electron chi connectivity index (χ4n) is 2.29. The van der Waals surface area contributed by atoms with Crippen LogP contribution in [-0.2, 0) is 11.2 Å². The van der Waals surface area contributed by atoms with Gasteiger partial charge in [0.1, 0.15) is 5.54 Å². The van der Waals surface area contributed by atoms with E-state index in [1.807, 2.05) is 19.1 Å². The van der Waals surface area contributed by atoms with Crippen LogP contribution in [0, 0.1) is 0 Å². The molecule has 1 amide bonds. The van der Waals surface area contributed by atoms with Gasteiger partial charge in [-0.15, -0.1) is 0 Å². The number of aliphatic carboxylic acids is 1. The number of benzene rings is 1. The first-order chi connectivity index (χ1) is 9.57. The molecule has 0 atom stereocenters. The number of hydrogen-bond acceptors (Lipinski definition) is 3. The van der Waals surface area contributed by atoms with Crippen molar-refractivity contribution in [3.8, 4) is 0 Å². The van der Waals surface area contributed by atoms with Crippen molar-refractivity contribution in [1.82, 2.24) is 5.32 Å². The van der Waals surface area contributed by atoms with Gasteiger partial charge in [-0.2, -0.15) is 11.8 Å². The minimum Gasteiger partial charge on any atom is -0.480 e. The summed E-state index contributed by atoms with van der Waals surface area (Å²) < 4.78 is 0. The zero-order valence-electron chi connectivity index (χ0n) is 11.5. The van der Waals surface area contributed by atoms with Crippen LogP contribution < -0.4 is 5.32 Å². The van der Waals surface area contributed by atoms with Gasteiger partial charge in [-0.3, -0.25) is 4.79 Å². The number of nitrogens with one attached hydrogen (secondary N) is 1. The average Bonchev–Trinajstić information content (AvgIpc) is 2.48. The summed E-state index contributed by atoms with van der Waals surface area (Å²) >= 11 is 1.73. The third kappa shape index (κ3) is 3.15. The largest absolute Gasteiger partial charge is 0.480 e. The molecule has 108 valence electrons. The van der Waals surface area contributed by atoms with Gasteiger partial charge in [0.05, 0.1) is 0 Å². The summed E-state index contributed by atoms with van der Waals surface area (Å²) in [6.07, 6.45) is 1.87. The smallest absolute Gasteiger partial charge is 0.329 e. The summed E-state index contributed by atoms with van der Waals surface area (Å²) in [6.45, 7) is 2.05. The minimum atomic E-state index is -1.11. The average molecular weight is 293 g/mol. The van der Waals surface area contributed by atoms with Crippen molar-refractivity contribution in [3.05, 3.63) is 35.4 Å². The molecule has 1 aromatic rings. The molecule has 1 fully saturated rings. The SMILES string of the molecule is CCc1ccc(C(=O)NC2(C(=O)O)CCSCC2)cc1. The maximum absolute atomic E-state index is 12.2. The summed E-state index contributed by atoms with van der Waals surface area (Å²) in [7, 11) is 0. The van der Waals surface area contributed by atoms with Crippen LogP contribution in [0.1, 0.15) is 35.7 Å². The van der Waals surface area contributed by atoms with Crippen molar-refractivity contribution >= 4 is 23.6 Å². The van der Waals surface area contributed by atoms with Gasteiger partial charge in [-0.1, -0.05) is 19.1 Å². The van der Waals surface area contributed by atoms with Gasteiger partial charge in [0.25, 0.3) is 5.91 Å². The number of carbonyl (C=O) groups is 2. The highest BCUT2D eigenvalue weighted by Gasteiger charge is 2.41. The Balaban J connectivity index is 2.13. The van der Waals surface area contributed by atoms with Crippen LogP contribution in [0.25, 0.3) is 0 Å². The van der Waals surface area contributed by atoms with Crippen molar-refractivity contribution in [2.75, 3.05) is 11.5 Å². The first-order valence-electron chi connectivity index (χ1n) is 6.80. The summed E-state index contributed by atoms with van der Waals surface area (Å²) in [6, 6.07) is 7.31. The molecule has 4 nitrogen and oxygen atoms in total. The lowest BCUT2D eigenvalue weighted by molar-refractivity contribution is -0.144. The molecule has 0 aromatic heterocycles. The second kappa shape index (κ2) is 6.31. The van der Waals surface area contributed by atoms with E-state index in [-0.39, 0.29) is 5.91 Å². The summed E-state index contributed by atoms with van der Waals surface area (Å²) in [5.41, 5.74) is 0.566. The Kier molecular flexibility index (Phi) is 4.70. The van der Waals surface area contributed by atoms with Crippen LogP contribution in [0.15, 0.2) is 24.3 Å². The lowest BCUT2D eigenvalue weighted by Gasteiger charge is -2.33. The summed E-state index contributed by atoms with van der Waals surface area (Å²) in [5.74, 6) is 0.293. The van der Waals surface area contributed by atoms with Crippen molar-refractivity contribution in [2.45, 2.75) is 31.7 Å². The predicted molar refractivity (Wildman–Crippen MR) is 80.2 cm³/mol. The summed E-state index contributed by atoms with van der Waals surface area (Å²) in [4.78, 5) is 23.8. The highest BCUT2D eigenvalue weighted by atomic mass is 32.2. The van der Waals surface area contributed by atoms with Gasteiger partial charge >= 0.3 is 5.97 Å². The third-order valence-corrected chi connectivity index (χ3v) is 4.72. The van der Waals surface area contributed by atoms with Gasteiger partial charge in [0.2, 0.25) is 0 Å². The number of amides is 1. The first-order valence-corrected chi connectivity index (χ1v) is 7.95. The molecule has 0 unspecified atom stereocenters. The highest BCUT2D eigenvalue weighted by Crippen LogP contribution is 2.27. The number of aryl methyl sites for hydroxylation is 1. The van der Waals surface area contributed by atoms with Crippen LogP contribution in [0.4, 0.5) is 0 Å². The Morgan fingerprint density at radius 1 is 1.25 bits per heavy atom. The fraction of sp³-hybridized carbons (Fsp3) is 0.467. The van der Waals surface area contributed by atoms with Gasteiger partial charge in [0, 0.05) is 5.56 Å². The Hall–Kier alpha value is -1.49. The van der Waals surface area contributed by atoms with Gasteiger partial charge in [-0.25, -0.2) is 4.79 Å². The van der Waals surface area contributed by atoms with E-state index in [4.69, 9.17) is 0 Å². The molecule has 0 aliphatic carbocycles. The Bertz CT molecular complexity index is 492. The molecule has 0 spiro atoms. The van der Waals surface area contributed by atoms with Gasteiger partial charge in [-0.05, 0) is 48.5 Å². The maximum Gasteiger partial charge on any atom is 0.329 e. The second-order valence-corrected chi connectivity index (χ2v) is 6.23. The standard InChI is InChI=1S/C15H19NO3S/c1-2-11-3-5-12(6-4-11)13(17)16-15(14(18)19)7-9-20-10-8-15/h3-6H,2,7-10H2,1H3,(H,16,17)(H,18,19). The molecule has 1 aliphatic heterocycles. The predicted octanol–water partition coefficient (Wildman–Crippen LogP) is 2.33. The number of thioether (sulfide) groups is 1. The number of carboxylic acid groups (broad SMARTS) is 1. The molecule has 0 saturated carbocycles. The van der Waals surface area contributed by atoms with Crippen molar-refractivity contribution < 1.29 is 14.7 Å². The van der Waals surface area contributed by atoms with E-state index in [1.165, 1.54) is 0 Å². The molecule has 1 aliphatic rings. The summed E-state index contributed by atoms with van der Waals surface area (Å²) in [5, 5.41) is 12.2. The molecular formula is C15H19NO3S. The Morgan fingerprint density at radius 3 is 2.35 bits per heavy atom. The monoisotopic (exact) mass is 293 g/mol. The lowest BCUT2D eigenvalue weighted by atomic mass is 9.91. The Labute approximate surface area is 123 Å². The number of hydrogen-bond donors (Lipinski definition) is 2. The van der Waals surface area contributed by atoms with E-state index in [0.29, 0.717) is 18.4 Å². The second-order valence-electron chi connectivity index (χ2n) is 5.00. The number of rotatable bonds is 4. The maximum atomic E-state index is 12.2. The molecule has 5 heteroatoms. The highest BCUT2D eigenvalue weighted by molar-refractivity contribution is 7.99. The van der Waals surface area contributed by atoms with E-state index >= 15 is 0 Å². The first kappa shape index (κ1) is 14.9. The Morgan fingerprint density at radius 2 is 1.85 bits per heavy atom. The van der Waals surface area contributed by atoms with E-state index in [1.54, 1.807) is 23.9 Å². The topological polar surface area (TPSA) is 66.4 Å². The molecule has 0 radical (unpaired) electrons. The molecule has 1 aromatic carbocycles. The van der Waals surface area contributed by atoms with Crippen molar-refractivity contribution in [2.24, 2.45) is 0 Å². The van der Waals surface area contributed by atoms with Crippen LogP contribution in [0.2, 0.25) is 0 Å². The minimum absolute atomic E-state index is 0.304. The third-order valence-electron chi connectivity index (χ3n) is 3.73. The lowest BCUT2D eigenvalue weighted by Crippen LogP contribution is -2.56. The van der Waals surface area contributed by atoms with Gasteiger partial charge in [0.15, 0.2) is 0 Å². The van der Waals surface area contributed by atoms with Crippen LogP contribution in [0.3, 0.4) is 0 Å². The molecule has 2 rings (SSSR count). The molecular weight excluding hydrogens is 274 g/mol. The zero-order valence-corrected chi connectivity index (χ0v) is 12.3. The quantitative estimate of drug-likeness (QED) is 0.894. The van der Waals surface area contributed by atoms with E-state index < -0.39 is 11.5 Å². The van der Waals surface area contributed by atoms with E-state index in [9.17, 15) is 14.7 Å². The zero-order chi connectivity index (χ0) is 14.6. The van der Waals surface area contributed by atoms with Crippen LogP contribution in [-0.4, -0.2) is 34.0 Å². The van der Waals surface area contributed by atoms with Crippen LogP contribution in [0.5, 0.6) is 0 Å². The van der Waals surface area contributed by atoms with Crippen LogP contribution >= 0.6 is 11.8 Å². The van der Waals surface area contributed by atoms with Crippen molar-refractivity contribution in [3.63, 3.8) is 0 Å². The molecule has 1 heterocycles. The molecule has 0 bridgehead atoms. The van der Waals surface area contributed by atoms with Crippen molar-refractivity contribution in [1.29, 1.82) is 0 Å².